The van der Waals surface area contributed by atoms with Crippen molar-refractivity contribution in [3.63, 3.8) is 0 Å². The van der Waals surface area contributed by atoms with Gasteiger partial charge in [-0.15, -0.1) is 0 Å². The zero-order chi connectivity index (χ0) is 29.1. The van der Waals surface area contributed by atoms with Crippen molar-refractivity contribution in [2.45, 2.75) is 24.9 Å². The van der Waals surface area contributed by atoms with Gasteiger partial charge in [0.25, 0.3) is 11.8 Å². The van der Waals surface area contributed by atoms with Crippen LogP contribution >= 0.6 is 24.4 Å². The Bertz CT molecular complexity index is 1460. The molecule has 2 unspecified atom stereocenters. The molecule has 0 aliphatic carbocycles. The van der Waals surface area contributed by atoms with E-state index in [2.05, 4.69) is 0 Å². The summed E-state index contributed by atoms with van der Waals surface area (Å²) in [6.07, 6.45) is 1.53. The molecule has 2 amide bonds. The van der Waals surface area contributed by atoms with E-state index in [0.29, 0.717) is 23.3 Å². The summed E-state index contributed by atoms with van der Waals surface area (Å²) >= 11 is 11.8. The Hall–Kier alpha value is -4.40. The van der Waals surface area contributed by atoms with Crippen molar-refractivity contribution in [3.8, 4) is 0 Å². The number of anilines is 2. The fourth-order valence-electron chi connectivity index (χ4n) is 5.74. The van der Waals surface area contributed by atoms with Crippen LogP contribution < -0.4 is 9.80 Å². The summed E-state index contributed by atoms with van der Waals surface area (Å²) in [5.41, 5.74) is 3.36. The molecule has 210 valence electrons. The standard InChI is InChI=1S/C34H30N4O2S2/c39-31-29(25-15-5-1-6-16-25)35(33(41)37(31)27-19-9-3-10-20-27)23-13-14-24-36-30(26-17-7-2-8-18-26)32(40)38(34(36)42)28-21-11-4-12-22-28/h1-12,15-22,29-30H,13-14,23-24H2. The molecule has 4 aromatic rings. The number of hydrogen-bond acceptors (Lipinski definition) is 4. The van der Waals surface area contributed by atoms with Gasteiger partial charge >= 0.3 is 0 Å². The summed E-state index contributed by atoms with van der Waals surface area (Å²) in [4.78, 5) is 34.8. The van der Waals surface area contributed by atoms with Gasteiger partial charge in [0, 0.05) is 13.1 Å². The lowest BCUT2D eigenvalue weighted by Gasteiger charge is -2.26. The van der Waals surface area contributed by atoms with Gasteiger partial charge in [-0.1, -0.05) is 97.1 Å². The van der Waals surface area contributed by atoms with E-state index in [0.717, 1.165) is 35.3 Å². The smallest absolute Gasteiger partial charge is 0.260 e. The lowest BCUT2D eigenvalue weighted by atomic mass is 10.0. The van der Waals surface area contributed by atoms with E-state index < -0.39 is 12.1 Å². The van der Waals surface area contributed by atoms with E-state index in [1.807, 2.05) is 131 Å². The van der Waals surface area contributed by atoms with Crippen LogP contribution in [0.5, 0.6) is 0 Å². The van der Waals surface area contributed by atoms with Crippen LogP contribution in [0.2, 0.25) is 0 Å². The van der Waals surface area contributed by atoms with Crippen molar-refractivity contribution >= 4 is 57.8 Å². The molecule has 2 heterocycles. The van der Waals surface area contributed by atoms with Crippen LogP contribution in [-0.2, 0) is 9.59 Å². The maximum absolute atomic E-state index is 13.7. The first-order valence-corrected chi connectivity index (χ1v) is 14.9. The Morgan fingerprint density at radius 1 is 0.476 bits per heavy atom. The Balaban J connectivity index is 1.20. The molecule has 6 rings (SSSR count). The number of hydrogen-bond donors (Lipinski definition) is 0. The number of para-hydroxylation sites is 2. The van der Waals surface area contributed by atoms with Gasteiger partial charge in [-0.25, -0.2) is 0 Å². The molecule has 0 bridgehead atoms. The fourth-order valence-corrected chi connectivity index (χ4v) is 6.52. The second-order valence-electron chi connectivity index (χ2n) is 10.3. The topological polar surface area (TPSA) is 47.1 Å². The summed E-state index contributed by atoms with van der Waals surface area (Å²) in [6.45, 7) is 1.20. The minimum atomic E-state index is -0.487. The van der Waals surface area contributed by atoms with E-state index >= 15 is 0 Å². The monoisotopic (exact) mass is 590 g/mol. The van der Waals surface area contributed by atoms with Crippen LogP contribution in [-0.4, -0.2) is 44.9 Å². The van der Waals surface area contributed by atoms with Crippen molar-refractivity contribution in [2.75, 3.05) is 22.9 Å². The molecule has 42 heavy (non-hydrogen) atoms. The highest BCUT2D eigenvalue weighted by molar-refractivity contribution is 7.80. The maximum Gasteiger partial charge on any atom is 0.260 e. The third-order valence-corrected chi connectivity index (χ3v) is 8.55. The first-order chi connectivity index (χ1) is 20.6. The second kappa shape index (κ2) is 12.2. The Labute approximate surface area is 256 Å². The molecule has 2 atom stereocenters. The van der Waals surface area contributed by atoms with Crippen molar-refractivity contribution in [3.05, 3.63) is 132 Å². The highest BCUT2D eigenvalue weighted by atomic mass is 32.1. The number of carbonyl (C=O) groups excluding carboxylic acids is 2. The van der Waals surface area contributed by atoms with Crippen molar-refractivity contribution in [1.29, 1.82) is 0 Å². The van der Waals surface area contributed by atoms with Crippen LogP contribution in [0.3, 0.4) is 0 Å². The largest absolute Gasteiger partial charge is 0.332 e. The minimum absolute atomic E-state index is 0.0497. The van der Waals surface area contributed by atoms with Crippen LogP contribution in [0.4, 0.5) is 11.4 Å². The number of rotatable bonds is 9. The first-order valence-electron chi connectivity index (χ1n) is 14.1. The van der Waals surface area contributed by atoms with E-state index in [1.54, 1.807) is 9.80 Å². The lowest BCUT2D eigenvalue weighted by Crippen LogP contribution is -2.35. The number of amides is 2. The van der Waals surface area contributed by atoms with Crippen molar-refractivity contribution in [2.24, 2.45) is 0 Å². The molecule has 0 saturated carbocycles. The van der Waals surface area contributed by atoms with Gasteiger partial charge in [-0.05, 0) is 72.7 Å². The molecule has 2 aliphatic heterocycles. The van der Waals surface area contributed by atoms with Gasteiger partial charge in [0.1, 0.15) is 12.1 Å². The minimum Gasteiger partial charge on any atom is -0.332 e. The summed E-state index contributed by atoms with van der Waals surface area (Å²) in [7, 11) is 0. The predicted molar refractivity (Wildman–Crippen MR) is 174 cm³/mol. The number of carbonyl (C=O) groups is 2. The summed E-state index contributed by atoms with van der Waals surface area (Å²) in [5.74, 6) is -0.0993. The normalized spacial score (nSPS) is 18.9. The quantitative estimate of drug-likeness (QED) is 0.164. The molecule has 6 nitrogen and oxygen atoms in total. The van der Waals surface area contributed by atoms with Crippen LogP contribution in [0.1, 0.15) is 36.1 Å². The molecular formula is C34H30N4O2S2. The van der Waals surface area contributed by atoms with Crippen LogP contribution in [0.15, 0.2) is 121 Å². The molecule has 0 aromatic heterocycles. The Morgan fingerprint density at radius 2 is 0.786 bits per heavy atom. The first kappa shape index (κ1) is 27.8. The van der Waals surface area contributed by atoms with Crippen molar-refractivity contribution in [1.82, 2.24) is 9.80 Å². The fraction of sp³-hybridized carbons (Fsp3) is 0.176. The van der Waals surface area contributed by atoms with E-state index in [-0.39, 0.29) is 11.8 Å². The van der Waals surface area contributed by atoms with E-state index in [4.69, 9.17) is 24.4 Å². The average molecular weight is 591 g/mol. The number of nitrogens with zero attached hydrogens (tertiary/aromatic N) is 4. The summed E-state index contributed by atoms with van der Waals surface area (Å²) < 4.78 is 0. The molecule has 2 fully saturated rings. The molecule has 2 aliphatic rings. The van der Waals surface area contributed by atoms with Gasteiger partial charge in [-0.3, -0.25) is 19.4 Å². The van der Waals surface area contributed by atoms with Crippen LogP contribution in [0, 0.1) is 0 Å². The third-order valence-electron chi connectivity index (χ3n) is 7.71. The number of unbranched alkanes of at least 4 members (excludes halogenated alkanes) is 1. The van der Waals surface area contributed by atoms with E-state index in [9.17, 15) is 9.59 Å². The molecule has 0 N–H and O–H groups in total. The van der Waals surface area contributed by atoms with Gasteiger partial charge in [0.2, 0.25) is 0 Å². The lowest BCUT2D eigenvalue weighted by molar-refractivity contribution is -0.120. The van der Waals surface area contributed by atoms with Crippen molar-refractivity contribution < 1.29 is 9.59 Å². The maximum atomic E-state index is 13.7. The highest BCUT2D eigenvalue weighted by Crippen LogP contribution is 2.36. The third kappa shape index (κ3) is 5.19. The average Bonchev–Trinajstić information content (AvgIpc) is 3.43. The molecule has 8 heteroatoms. The summed E-state index contributed by atoms with van der Waals surface area (Å²) in [5, 5.41) is 1.01. The highest BCUT2D eigenvalue weighted by Gasteiger charge is 2.45. The second-order valence-corrected chi connectivity index (χ2v) is 11.0. The molecule has 2 saturated heterocycles. The Morgan fingerprint density at radius 3 is 1.12 bits per heavy atom. The number of thiocarbonyl (C=S) groups is 2. The SMILES string of the molecule is O=C1C(c2ccccc2)N(CCCCN2C(=S)N(c3ccccc3)C(=O)C2c2ccccc2)C(=S)N1c1ccccc1. The van der Waals surface area contributed by atoms with E-state index in [1.165, 1.54) is 0 Å². The molecule has 4 aromatic carbocycles. The molecular weight excluding hydrogens is 561 g/mol. The molecule has 0 spiro atoms. The Kier molecular flexibility index (Phi) is 8.08. The van der Waals surface area contributed by atoms with Gasteiger partial charge in [0.15, 0.2) is 10.2 Å². The van der Waals surface area contributed by atoms with Gasteiger partial charge < -0.3 is 9.80 Å². The molecule has 0 radical (unpaired) electrons. The zero-order valence-electron chi connectivity index (χ0n) is 23.0. The van der Waals surface area contributed by atoms with Crippen LogP contribution in [0.25, 0.3) is 0 Å². The summed E-state index contributed by atoms with van der Waals surface area (Å²) in [6, 6.07) is 37.7. The van der Waals surface area contributed by atoms with Gasteiger partial charge in [-0.2, -0.15) is 0 Å². The zero-order valence-corrected chi connectivity index (χ0v) is 24.6. The predicted octanol–water partition coefficient (Wildman–Crippen LogP) is 6.52. The van der Waals surface area contributed by atoms with Gasteiger partial charge in [0.05, 0.1) is 11.4 Å². The number of benzene rings is 4.